The Morgan fingerprint density at radius 2 is 1.76 bits per heavy atom. The number of ether oxygens (including phenoxy) is 1. The minimum absolute atomic E-state index is 0. The van der Waals surface area contributed by atoms with Crippen LogP contribution in [0.5, 0.6) is 0 Å². The Labute approximate surface area is 130 Å². The van der Waals surface area contributed by atoms with Gasteiger partial charge in [-0.1, -0.05) is 0 Å². The van der Waals surface area contributed by atoms with Gasteiger partial charge in [-0.05, 0) is 32.6 Å². The molecule has 2 amide bonds. The molecule has 0 aromatic carbocycles. The number of carbonyl (C=O) groups is 3. The van der Waals surface area contributed by atoms with Crippen LogP contribution in [0, 0.1) is 5.92 Å². The first-order valence-electron chi connectivity index (χ1n) is 6.99. The van der Waals surface area contributed by atoms with E-state index in [0.717, 1.165) is 25.7 Å². The lowest BCUT2D eigenvalue weighted by Gasteiger charge is -2.27. The summed E-state index contributed by atoms with van der Waals surface area (Å²) in [4.78, 5) is 34.1. The third kappa shape index (κ3) is 7.29. The molecule has 1 saturated carbocycles. The molecule has 7 nitrogen and oxygen atoms in total. The third-order valence-corrected chi connectivity index (χ3v) is 3.34. The van der Waals surface area contributed by atoms with E-state index in [1.807, 2.05) is 0 Å². The number of nitrogens with two attached hydrogens (primary N) is 1. The summed E-state index contributed by atoms with van der Waals surface area (Å²) in [5.74, 6) is -0.787. The second kappa shape index (κ2) is 10.4. The standard InChI is InChI=1S/C13H23N3O4.ClH/c1-2-20-13(19)9-3-5-10(6-4-9)16-12(18)8-15-11(17)7-14;/h9-10H,2-8,14H2,1H3,(H,15,17)(H,16,18);1H. The normalized spacial score (nSPS) is 20.9. The molecule has 0 saturated heterocycles. The SMILES string of the molecule is CCOC(=O)C1CCC(NC(=O)CNC(=O)CN)CC1.Cl. The predicted molar refractivity (Wildman–Crippen MR) is 79.8 cm³/mol. The average molecular weight is 322 g/mol. The van der Waals surface area contributed by atoms with Gasteiger partial charge in [0.2, 0.25) is 11.8 Å². The molecular formula is C13H24ClN3O4. The van der Waals surface area contributed by atoms with Crippen molar-refractivity contribution < 1.29 is 19.1 Å². The van der Waals surface area contributed by atoms with Crippen LogP contribution < -0.4 is 16.4 Å². The zero-order chi connectivity index (χ0) is 15.0. The van der Waals surface area contributed by atoms with Crippen LogP contribution >= 0.6 is 12.4 Å². The van der Waals surface area contributed by atoms with Crippen molar-refractivity contribution >= 4 is 30.2 Å². The monoisotopic (exact) mass is 321 g/mol. The summed E-state index contributed by atoms with van der Waals surface area (Å²) in [6.45, 7) is 2.00. The van der Waals surface area contributed by atoms with Crippen LogP contribution in [-0.4, -0.2) is 43.5 Å². The van der Waals surface area contributed by atoms with E-state index in [0.29, 0.717) is 6.61 Å². The van der Waals surface area contributed by atoms with Crippen LogP contribution in [0.15, 0.2) is 0 Å². The van der Waals surface area contributed by atoms with Crippen molar-refractivity contribution in [3.8, 4) is 0 Å². The number of esters is 1. The Kier molecular flexibility index (Phi) is 9.73. The molecule has 0 atom stereocenters. The van der Waals surface area contributed by atoms with Crippen LogP contribution in [0.4, 0.5) is 0 Å². The molecule has 0 aromatic rings. The highest BCUT2D eigenvalue weighted by Crippen LogP contribution is 2.25. The summed E-state index contributed by atoms with van der Waals surface area (Å²) in [5, 5.41) is 5.26. The lowest BCUT2D eigenvalue weighted by molar-refractivity contribution is -0.149. The Morgan fingerprint density at radius 3 is 2.29 bits per heavy atom. The number of hydrogen-bond acceptors (Lipinski definition) is 5. The van der Waals surface area contributed by atoms with Crippen molar-refractivity contribution in [3.05, 3.63) is 0 Å². The molecule has 0 aliphatic heterocycles. The fourth-order valence-corrected chi connectivity index (χ4v) is 2.26. The van der Waals surface area contributed by atoms with E-state index in [2.05, 4.69) is 10.6 Å². The Bertz CT molecular complexity index is 357. The van der Waals surface area contributed by atoms with Crippen molar-refractivity contribution in [3.63, 3.8) is 0 Å². The Balaban J connectivity index is 0.00000400. The molecule has 4 N–H and O–H groups in total. The molecule has 0 spiro atoms. The molecule has 0 radical (unpaired) electrons. The smallest absolute Gasteiger partial charge is 0.308 e. The van der Waals surface area contributed by atoms with Crippen LogP contribution in [0.25, 0.3) is 0 Å². The highest BCUT2D eigenvalue weighted by atomic mass is 35.5. The van der Waals surface area contributed by atoms with Gasteiger partial charge in [-0.2, -0.15) is 0 Å². The van der Waals surface area contributed by atoms with E-state index >= 15 is 0 Å². The van der Waals surface area contributed by atoms with E-state index in [9.17, 15) is 14.4 Å². The van der Waals surface area contributed by atoms with Crippen molar-refractivity contribution in [1.29, 1.82) is 0 Å². The Hall–Kier alpha value is -1.34. The zero-order valence-electron chi connectivity index (χ0n) is 12.2. The first-order valence-corrected chi connectivity index (χ1v) is 6.99. The molecular weight excluding hydrogens is 298 g/mol. The average Bonchev–Trinajstić information content (AvgIpc) is 2.45. The van der Waals surface area contributed by atoms with Gasteiger partial charge in [0.25, 0.3) is 0 Å². The fourth-order valence-electron chi connectivity index (χ4n) is 2.26. The summed E-state index contributed by atoms with van der Waals surface area (Å²) in [7, 11) is 0. The summed E-state index contributed by atoms with van der Waals surface area (Å²) in [6, 6.07) is 0.0583. The van der Waals surface area contributed by atoms with Crippen molar-refractivity contribution in [2.24, 2.45) is 11.7 Å². The lowest BCUT2D eigenvalue weighted by Crippen LogP contribution is -2.44. The van der Waals surface area contributed by atoms with E-state index < -0.39 is 0 Å². The van der Waals surface area contributed by atoms with E-state index in [1.165, 1.54) is 0 Å². The molecule has 0 aromatic heterocycles. The van der Waals surface area contributed by atoms with Crippen molar-refractivity contribution in [1.82, 2.24) is 10.6 Å². The van der Waals surface area contributed by atoms with Gasteiger partial charge in [0, 0.05) is 6.04 Å². The maximum Gasteiger partial charge on any atom is 0.308 e. The molecule has 122 valence electrons. The van der Waals surface area contributed by atoms with Gasteiger partial charge in [0.05, 0.1) is 25.6 Å². The second-order valence-corrected chi connectivity index (χ2v) is 4.85. The predicted octanol–water partition coefficient (Wildman–Crippen LogP) is -0.279. The van der Waals surface area contributed by atoms with Crippen LogP contribution in [0.2, 0.25) is 0 Å². The quantitative estimate of drug-likeness (QED) is 0.583. The maximum absolute atomic E-state index is 11.6. The van der Waals surface area contributed by atoms with Gasteiger partial charge in [-0.25, -0.2) is 0 Å². The number of amides is 2. The molecule has 1 fully saturated rings. The molecule has 1 aliphatic rings. The molecule has 0 bridgehead atoms. The molecule has 8 heteroatoms. The van der Waals surface area contributed by atoms with E-state index in [-0.39, 0.29) is 55.2 Å². The van der Waals surface area contributed by atoms with Crippen LogP contribution in [0.1, 0.15) is 32.6 Å². The first kappa shape index (κ1) is 19.7. The van der Waals surface area contributed by atoms with Gasteiger partial charge in [0.15, 0.2) is 0 Å². The van der Waals surface area contributed by atoms with Crippen molar-refractivity contribution in [2.75, 3.05) is 19.7 Å². The molecule has 1 rings (SSSR count). The minimum atomic E-state index is -0.355. The van der Waals surface area contributed by atoms with Gasteiger partial charge in [-0.15, -0.1) is 12.4 Å². The topological polar surface area (TPSA) is 111 Å². The van der Waals surface area contributed by atoms with Crippen LogP contribution in [-0.2, 0) is 19.1 Å². The number of hydrogen-bond donors (Lipinski definition) is 3. The lowest BCUT2D eigenvalue weighted by atomic mass is 9.86. The largest absolute Gasteiger partial charge is 0.466 e. The number of nitrogens with one attached hydrogen (secondary N) is 2. The second-order valence-electron chi connectivity index (χ2n) is 4.85. The summed E-state index contributed by atoms with van der Waals surface area (Å²) in [6.07, 6.45) is 2.94. The maximum atomic E-state index is 11.6. The highest BCUT2D eigenvalue weighted by Gasteiger charge is 2.27. The zero-order valence-corrected chi connectivity index (χ0v) is 13.0. The summed E-state index contributed by atoms with van der Waals surface area (Å²) < 4.78 is 4.99. The third-order valence-electron chi connectivity index (χ3n) is 3.34. The summed E-state index contributed by atoms with van der Waals surface area (Å²) >= 11 is 0. The fraction of sp³-hybridized carbons (Fsp3) is 0.769. The molecule has 0 heterocycles. The summed E-state index contributed by atoms with van der Waals surface area (Å²) in [5.41, 5.74) is 5.12. The number of halogens is 1. The number of rotatable bonds is 6. The molecule has 0 unspecified atom stereocenters. The molecule has 1 aliphatic carbocycles. The van der Waals surface area contributed by atoms with Gasteiger partial charge >= 0.3 is 5.97 Å². The highest BCUT2D eigenvalue weighted by molar-refractivity contribution is 5.85. The molecule has 21 heavy (non-hydrogen) atoms. The Morgan fingerprint density at radius 1 is 1.14 bits per heavy atom. The van der Waals surface area contributed by atoms with E-state index in [4.69, 9.17) is 10.5 Å². The van der Waals surface area contributed by atoms with E-state index in [1.54, 1.807) is 6.92 Å². The van der Waals surface area contributed by atoms with Crippen molar-refractivity contribution in [2.45, 2.75) is 38.6 Å². The number of carbonyl (C=O) groups excluding carboxylic acids is 3. The van der Waals surface area contributed by atoms with Gasteiger partial charge in [-0.3, -0.25) is 14.4 Å². The minimum Gasteiger partial charge on any atom is -0.466 e. The first-order chi connectivity index (χ1) is 9.56. The van der Waals surface area contributed by atoms with Crippen LogP contribution in [0.3, 0.4) is 0 Å². The van der Waals surface area contributed by atoms with Gasteiger partial charge < -0.3 is 21.1 Å². The van der Waals surface area contributed by atoms with Gasteiger partial charge in [0.1, 0.15) is 0 Å².